The molecule has 32 heavy (non-hydrogen) atoms. The molecule has 0 aliphatic rings. The largest absolute Gasteiger partial charge is 0.493 e. The molecule has 0 fully saturated rings. The van der Waals surface area contributed by atoms with Crippen molar-refractivity contribution in [3.05, 3.63) is 84.4 Å². The number of rotatable bonds is 7. The molecule has 0 radical (unpaired) electrons. The quantitative estimate of drug-likeness (QED) is 0.414. The standard InChI is InChI=1S/C25H21N3O4/c1-30-21-14-13-18(16-22(21)31-2)24-27-25(32-28-24)19-10-6-7-11-20(19)26-23(29)15-12-17-8-4-3-5-9-17/h3-16H,1-2H3,(H,26,29). The van der Waals surface area contributed by atoms with Gasteiger partial charge >= 0.3 is 0 Å². The predicted octanol–water partition coefficient (Wildman–Crippen LogP) is 5.07. The van der Waals surface area contributed by atoms with E-state index in [-0.39, 0.29) is 11.8 Å². The van der Waals surface area contributed by atoms with Crippen LogP contribution in [0.4, 0.5) is 5.69 Å². The first kappa shape index (κ1) is 20.9. The van der Waals surface area contributed by atoms with Crippen LogP contribution in [0.5, 0.6) is 11.5 Å². The average Bonchev–Trinajstić information content (AvgIpc) is 3.33. The van der Waals surface area contributed by atoms with E-state index in [4.69, 9.17) is 14.0 Å². The number of para-hydroxylation sites is 1. The summed E-state index contributed by atoms with van der Waals surface area (Å²) in [4.78, 5) is 16.9. The minimum Gasteiger partial charge on any atom is -0.493 e. The van der Waals surface area contributed by atoms with Crippen molar-refractivity contribution in [2.24, 2.45) is 0 Å². The summed E-state index contributed by atoms with van der Waals surface area (Å²) < 4.78 is 16.1. The van der Waals surface area contributed by atoms with Crippen LogP contribution >= 0.6 is 0 Å². The number of amides is 1. The van der Waals surface area contributed by atoms with Crippen molar-refractivity contribution < 1.29 is 18.8 Å². The van der Waals surface area contributed by atoms with Gasteiger partial charge in [-0.05, 0) is 42.0 Å². The molecule has 0 saturated carbocycles. The number of ether oxygens (including phenoxy) is 2. The van der Waals surface area contributed by atoms with Crippen LogP contribution in [0, 0.1) is 0 Å². The fourth-order valence-electron chi connectivity index (χ4n) is 3.11. The minimum atomic E-state index is -0.263. The van der Waals surface area contributed by atoms with Crippen molar-refractivity contribution in [2.45, 2.75) is 0 Å². The highest BCUT2D eigenvalue weighted by Gasteiger charge is 2.16. The zero-order chi connectivity index (χ0) is 22.3. The van der Waals surface area contributed by atoms with Crippen LogP contribution in [-0.2, 0) is 4.79 Å². The van der Waals surface area contributed by atoms with Gasteiger partial charge in [-0.3, -0.25) is 4.79 Å². The van der Waals surface area contributed by atoms with E-state index in [1.54, 1.807) is 38.5 Å². The van der Waals surface area contributed by atoms with E-state index < -0.39 is 0 Å². The molecule has 4 aromatic rings. The monoisotopic (exact) mass is 427 g/mol. The summed E-state index contributed by atoms with van der Waals surface area (Å²) in [5.74, 6) is 1.59. The number of nitrogens with one attached hydrogen (secondary N) is 1. The molecular formula is C25H21N3O4. The van der Waals surface area contributed by atoms with Gasteiger partial charge in [0.15, 0.2) is 11.5 Å². The summed E-state index contributed by atoms with van der Waals surface area (Å²) >= 11 is 0. The van der Waals surface area contributed by atoms with Gasteiger partial charge in [-0.15, -0.1) is 0 Å². The third-order valence-electron chi connectivity index (χ3n) is 4.71. The van der Waals surface area contributed by atoms with Crippen LogP contribution in [0.2, 0.25) is 0 Å². The third-order valence-corrected chi connectivity index (χ3v) is 4.71. The van der Waals surface area contributed by atoms with Crippen molar-refractivity contribution in [3.8, 4) is 34.3 Å². The van der Waals surface area contributed by atoms with E-state index in [0.29, 0.717) is 34.1 Å². The van der Waals surface area contributed by atoms with Gasteiger partial charge in [-0.25, -0.2) is 0 Å². The lowest BCUT2D eigenvalue weighted by Gasteiger charge is -2.07. The fraction of sp³-hybridized carbons (Fsp3) is 0.0800. The van der Waals surface area contributed by atoms with Crippen LogP contribution < -0.4 is 14.8 Å². The predicted molar refractivity (Wildman–Crippen MR) is 122 cm³/mol. The number of methoxy groups -OCH3 is 2. The highest BCUT2D eigenvalue weighted by atomic mass is 16.5. The maximum atomic E-state index is 12.4. The number of anilines is 1. The van der Waals surface area contributed by atoms with E-state index in [1.165, 1.54) is 6.08 Å². The molecule has 1 heterocycles. The van der Waals surface area contributed by atoms with Gasteiger partial charge in [0, 0.05) is 11.6 Å². The molecular weight excluding hydrogens is 406 g/mol. The Labute approximate surface area is 185 Å². The average molecular weight is 427 g/mol. The first-order chi connectivity index (χ1) is 15.7. The van der Waals surface area contributed by atoms with Gasteiger partial charge in [0.25, 0.3) is 5.89 Å². The molecule has 0 saturated heterocycles. The van der Waals surface area contributed by atoms with Crippen molar-refractivity contribution in [1.29, 1.82) is 0 Å². The Balaban J connectivity index is 1.56. The lowest BCUT2D eigenvalue weighted by molar-refractivity contribution is -0.111. The Morgan fingerprint density at radius 3 is 2.47 bits per heavy atom. The number of hydrogen-bond donors (Lipinski definition) is 1. The number of carbonyl (C=O) groups is 1. The van der Waals surface area contributed by atoms with Crippen LogP contribution in [-0.4, -0.2) is 30.3 Å². The highest BCUT2D eigenvalue weighted by molar-refractivity contribution is 6.03. The summed E-state index contributed by atoms with van der Waals surface area (Å²) in [5.41, 5.74) is 2.84. The smallest absolute Gasteiger partial charge is 0.260 e. The van der Waals surface area contributed by atoms with Crippen LogP contribution in [0.25, 0.3) is 28.9 Å². The summed E-state index contributed by atoms with van der Waals surface area (Å²) in [5, 5.41) is 6.95. The minimum absolute atomic E-state index is 0.263. The molecule has 3 aromatic carbocycles. The maximum Gasteiger partial charge on any atom is 0.260 e. The van der Waals surface area contributed by atoms with Gasteiger partial charge in [-0.2, -0.15) is 4.98 Å². The van der Waals surface area contributed by atoms with Crippen molar-refractivity contribution in [1.82, 2.24) is 10.1 Å². The Bertz CT molecular complexity index is 1250. The number of aromatic nitrogens is 2. The first-order valence-corrected chi connectivity index (χ1v) is 9.87. The fourth-order valence-corrected chi connectivity index (χ4v) is 3.11. The van der Waals surface area contributed by atoms with Crippen LogP contribution in [0.1, 0.15) is 5.56 Å². The number of nitrogens with zero attached hydrogens (tertiary/aromatic N) is 2. The third kappa shape index (κ3) is 4.67. The van der Waals surface area contributed by atoms with Crippen molar-refractivity contribution in [3.63, 3.8) is 0 Å². The normalized spacial score (nSPS) is 10.8. The Kier molecular flexibility index (Phi) is 6.27. The Morgan fingerprint density at radius 2 is 1.69 bits per heavy atom. The van der Waals surface area contributed by atoms with Crippen LogP contribution in [0.15, 0.2) is 83.4 Å². The molecule has 7 nitrogen and oxygen atoms in total. The molecule has 4 rings (SSSR count). The van der Waals surface area contributed by atoms with Gasteiger partial charge in [0.05, 0.1) is 25.5 Å². The number of carbonyl (C=O) groups excluding carboxylic acids is 1. The van der Waals surface area contributed by atoms with Gasteiger partial charge in [0.2, 0.25) is 11.7 Å². The van der Waals surface area contributed by atoms with E-state index >= 15 is 0 Å². The second kappa shape index (κ2) is 9.61. The van der Waals surface area contributed by atoms with E-state index in [2.05, 4.69) is 15.5 Å². The van der Waals surface area contributed by atoms with Crippen LogP contribution in [0.3, 0.4) is 0 Å². The molecule has 0 atom stereocenters. The number of benzene rings is 3. The molecule has 0 unspecified atom stereocenters. The zero-order valence-corrected chi connectivity index (χ0v) is 17.6. The van der Waals surface area contributed by atoms with Gasteiger partial charge in [-0.1, -0.05) is 47.6 Å². The van der Waals surface area contributed by atoms with Gasteiger partial charge < -0.3 is 19.3 Å². The summed E-state index contributed by atoms with van der Waals surface area (Å²) in [6.45, 7) is 0. The second-order valence-electron chi connectivity index (χ2n) is 6.77. The van der Waals surface area contributed by atoms with Gasteiger partial charge in [0.1, 0.15) is 0 Å². The first-order valence-electron chi connectivity index (χ1n) is 9.87. The molecule has 1 N–H and O–H groups in total. The summed E-state index contributed by atoms with van der Waals surface area (Å²) in [6, 6.07) is 22.2. The summed E-state index contributed by atoms with van der Waals surface area (Å²) in [6.07, 6.45) is 3.23. The van der Waals surface area contributed by atoms with Crippen molar-refractivity contribution in [2.75, 3.05) is 19.5 Å². The lowest BCUT2D eigenvalue weighted by Crippen LogP contribution is -2.08. The molecule has 160 valence electrons. The molecule has 0 bridgehead atoms. The second-order valence-corrected chi connectivity index (χ2v) is 6.77. The maximum absolute atomic E-state index is 12.4. The SMILES string of the molecule is COc1ccc(-c2noc(-c3ccccc3NC(=O)C=Cc3ccccc3)n2)cc1OC. The molecule has 0 spiro atoms. The van der Waals surface area contributed by atoms with E-state index in [1.807, 2.05) is 54.6 Å². The van der Waals surface area contributed by atoms with Crippen molar-refractivity contribution >= 4 is 17.7 Å². The zero-order valence-electron chi connectivity index (χ0n) is 17.6. The van der Waals surface area contributed by atoms with E-state index in [9.17, 15) is 4.79 Å². The topological polar surface area (TPSA) is 86.5 Å². The molecule has 1 aromatic heterocycles. The molecule has 0 aliphatic heterocycles. The highest BCUT2D eigenvalue weighted by Crippen LogP contribution is 2.33. The molecule has 0 aliphatic carbocycles. The summed E-state index contributed by atoms with van der Waals surface area (Å²) in [7, 11) is 3.14. The lowest BCUT2D eigenvalue weighted by atomic mass is 10.1. The number of hydrogen-bond acceptors (Lipinski definition) is 6. The molecule has 7 heteroatoms. The van der Waals surface area contributed by atoms with E-state index in [0.717, 1.165) is 5.56 Å². The molecule has 1 amide bonds. The Hall–Kier alpha value is -4.39. The Morgan fingerprint density at radius 1 is 0.938 bits per heavy atom.